The Kier molecular flexibility index (Phi) is 3.85. The number of carboxylic acids is 1. The van der Waals surface area contributed by atoms with Crippen molar-refractivity contribution in [3.8, 4) is 11.4 Å². The molecule has 0 unspecified atom stereocenters. The van der Waals surface area contributed by atoms with Crippen molar-refractivity contribution in [1.82, 2.24) is 9.78 Å². The van der Waals surface area contributed by atoms with Gasteiger partial charge in [0, 0.05) is 6.20 Å². The van der Waals surface area contributed by atoms with Crippen molar-refractivity contribution in [2.75, 3.05) is 7.11 Å². The average molecular weight is 339 g/mol. The highest BCUT2D eigenvalue weighted by molar-refractivity contribution is 9.10. The average Bonchev–Trinajstić information content (AvgIpc) is 2.81. The third kappa shape index (κ3) is 2.56. The molecule has 0 saturated heterocycles. The molecular weight excluding hydrogens is 324 g/mol. The van der Waals surface area contributed by atoms with Gasteiger partial charge in [0.05, 0.1) is 23.0 Å². The maximum atomic E-state index is 11.3. The Morgan fingerprint density at radius 3 is 2.45 bits per heavy atom. The molecule has 6 heteroatoms. The van der Waals surface area contributed by atoms with Crippen LogP contribution in [-0.2, 0) is 10.2 Å². The normalized spacial score (nSPS) is 11.4. The Morgan fingerprint density at radius 1 is 1.35 bits per heavy atom. The van der Waals surface area contributed by atoms with Gasteiger partial charge < -0.3 is 9.84 Å². The Morgan fingerprint density at radius 2 is 1.95 bits per heavy atom. The molecule has 0 aliphatic rings. The summed E-state index contributed by atoms with van der Waals surface area (Å²) < 4.78 is 7.41. The zero-order valence-electron chi connectivity index (χ0n) is 11.4. The van der Waals surface area contributed by atoms with E-state index in [1.807, 2.05) is 24.3 Å². The van der Waals surface area contributed by atoms with Crippen LogP contribution in [0.2, 0.25) is 0 Å². The van der Waals surface area contributed by atoms with Gasteiger partial charge in [0.15, 0.2) is 0 Å². The summed E-state index contributed by atoms with van der Waals surface area (Å²) in [7, 11) is 1.60. The minimum atomic E-state index is -1.06. The zero-order chi connectivity index (χ0) is 14.9. The van der Waals surface area contributed by atoms with E-state index < -0.39 is 11.4 Å². The van der Waals surface area contributed by atoms with Gasteiger partial charge in [0.2, 0.25) is 0 Å². The fraction of sp³-hybridized carbons (Fsp3) is 0.286. The van der Waals surface area contributed by atoms with E-state index >= 15 is 0 Å². The highest BCUT2D eigenvalue weighted by Crippen LogP contribution is 2.30. The first-order valence-corrected chi connectivity index (χ1v) is 6.79. The lowest BCUT2D eigenvalue weighted by atomic mass is 9.90. The van der Waals surface area contributed by atoms with E-state index in [1.54, 1.807) is 31.8 Å². The predicted octanol–water partition coefficient (Wildman–Crippen LogP) is 3.01. The molecule has 106 valence electrons. The SMILES string of the molecule is COc1ccc(-n2cc(Br)c(C(C)(C)C(=O)O)n2)cc1. The molecule has 2 rings (SSSR count). The molecule has 0 bridgehead atoms. The standard InChI is InChI=1S/C14H15BrN2O3/c1-14(2,13(18)19)12-11(15)8-17(16-12)9-4-6-10(20-3)7-5-9/h4-8H,1-3H3,(H,18,19). The van der Waals surface area contributed by atoms with Gasteiger partial charge in [0.1, 0.15) is 11.2 Å². The first-order chi connectivity index (χ1) is 9.36. The number of halogens is 1. The molecule has 1 heterocycles. The minimum Gasteiger partial charge on any atom is -0.497 e. The molecule has 0 aliphatic heterocycles. The maximum absolute atomic E-state index is 11.3. The highest BCUT2D eigenvalue weighted by atomic mass is 79.9. The van der Waals surface area contributed by atoms with E-state index in [1.165, 1.54) is 0 Å². The fourth-order valence-corrected chi connectivity index (χ4v) is 2.51. The number of rotatable bonds is 4. The van der Waals surface area contributed by atoms with Crippen molar-refractivity contribution in [1.29, 1.82) is 0 Å². The molecule has 0 spiro atoms. The highest BCUT2D eigenvalue weighted by Gasteiger charge is 2.34. The van der Waals surface area contributed by atoms with Gasteiger partial charge in [-0.3, -0.25) is 4.79 Å². The van der Waals surface area contributed by atoms with Crippen molar-refractivity contribution in [3.63, 3.8) is 0 Å². The molecule has 1 N–H and O–H groups in total. The number of carbonyl (C=O) groups is 1. The smallest absolute Gasteiger partial charge is 0.315 e. The summed E-state index contributed by atoms with van der Waals surface area (Å²) in [5.74, 6) is -0.163. The Hall–Kier alpha value is -1.82. The van der Waals surface area contributed by atoms with Crippen LogP contribution in [0, 0.1) is 0 Å². The summed E-state index contributed by atoms with van der Waals surface area (Å²) in [5.41, 5.74) is 0.260. The van der Waals surface area contributed by atoms with Gasteiger partial charge in [-0.05, 0) is 54.0 Å². The molecule has 0 amide bonds. The quantitative estimate of drug-likeness (QED) is 0.930. The molecule has 0 saturated carbocycles. The molecular formula is C14H15BrN2O3. The van der Waals surface area contributed by atoms with Crippen molar-refractivity contribution in [3.05, 3.63) is 40.6 Å². The van der Waals surface area contributed by atoms with Crippen LogP contribution < -0.4 is 4.74 Å². The number of aliphatic carboxylic acids is 1. The molecule has 1 aromatic heterocycles. The molecule has 0 aliphatic carbocycles. The van der Waals surface area contributed by atoms with E-state index in [9.17, 15) is 9.90 Å². The minimum absolute atomic E-state index is 0.487. The number of aromatic nitrogens is 2. The van der Waals surface area contributed by atoms with Crippen LogP contribution in [0.3, 0.4) is 0 Å². The second-order valence-corrected chi connectivity index (χ2v) is 5.75. The molecule has 0 atom stereocenters. The van der Waals surface area contributed by atoms with Crippen LogP contribution in [0.15, 0.2) is 34.9 Å². The van der Waals surface area contributed by atoms with Crippen molar-refractivity contribution in [2.45, 2.75) is 19.3 Å². The summed E-state index contributed by atoms with van der Waals surface area (Å²) in [4.78, 5) is 11.3. The number of benzene rings is 1. The van der Waals surface area contributed by atoms with E-state index in [-0.39, 0.29) is 0 Å². The number of ether oxygens (including phenoxy) is 1. The first-order valence-electron chi connectivity index (χ1n) is 5.99. The van der Waals surface area contributed by atoms with Crippen molar-refractivity contribution >= 4 is 21.9 Å². The summed E-state index contributed by atoms with van der Waals surface area (Å²) in [6.45, 7) is 3.25. The van der Waals surface area contributed by atoms with E-state index in [2.05, 4.69) is 21.0 Å². The second kappa shape index (κ2) is 5.28. The lowest BCUT2D eigenvalue weighted by Crippen LogP contribution is -2.29. The first kappa shape index (κ1) is 14.6. The zero-order valence-corrected chi connectivity index (χ0v) is 13.0. The van der Waals surface area contributed by atoms with Crippen molar-refractivity contribution in [2.24, 2.45) is 0 Å². The molecule has 2 aromatic rings. The van der Waals surface area contributed by atoms with Gasteiger partial charge in [-0.25, -0.2) is 4.68 Å². The van der Waals surface area contributed by atoms with E-state index in [0.29, 0.717) is 10.2 Å². The summed E-state index contributed by atoms with van der Waals surface area (Å²) >= 11 is 3.38. The monoisotopic (exact) mass is 338 g/mol. The van der Waals surface area contributed by atoms with Crippen LogP contribution in [0.4, 0.5) is 0 Å². The van der Waals surface area contributed by atoms with Gasteiger partial charge in [0.25, 0.3) is 0 Å². The number of carboxylic acid groups (broad SMARTS) is 1. The molecule has 0 radical (unpaired) electrons. The second-order valence-electron chi connectivity index (χ2n) is 4.90. The molecule has 20 heavy (non-hydrogen) atoms. The Labute approximate surface area is 125 Å². The van der Waals surface area contributed by atoms with Gasteiger partial charge in [-0.1, -0.05) is 0 Å². The summed E-state index contributed by atoms with van der Waals surface area (Å²) in [6, 6.07) is 7.37. The maximum Gasteiger partial charge on any atom is 0.315 e. The van der Waals surface area contributed by atoms with Gasteiger partial charge in [-0.2, -0.15) is 5.10 Å². The van der Waals surface area contributed by atoms with Crippen molar-refractivity contribution < 1.29 is 14.6 Å². The van der Waals surface area contributed by atoms with Gasteiger partial charge in [-0.15, -0.1) is 0 Å². The van der Waals surface area contributed by atoms with Crippen LogP contribution in [0.5, 0.6) is 5.75 Å². The van der Waals surface area contributed by atoms with Crippen LogP contribution in [0.25, 0.3) is 5.69 Å². The lowest BCUT2D eigenvalue weighted by Gasteiger charge is -2.16. The van der Waals surface area contributed by atoms with E-state index in [4.69, 9.17) is 4.74 Å². The molecule has 1 aromatic carbocycles. The fourth-order valence-electron chi connectivity index (χ4n) is 1.74. The lowest BCUT2D eigenvalue weighted by molar-refractivity contribution is -0.142. The van der Waals surface area contributed by atoms with Crippen LogP contribution in [-0.4, -0.2) is 28.0 Å². The van der Waals surface area contributed by atoms with E-state index in [0.717, 1.165) is 11.4 Å². The Balaban J connectivity index is 2.42. The molecule has 0 fully saturated rings. The largest absolute Gasteiger partial charge is 0.497 e. The molecule has 5 nitrogen and oxygen atoms in total. The number of methoxy groups -OCH3 is 1. The summed E-state index contributed by atoms with van der Waals surface area (Å²) in [6.07, 6.45) is 1.75. The van der Waals surface area contributed by atoms with Gasteiger partial charge >= 0.3 is 5.97 Å². The van der Waals surface area contributed by atoms with Crippen LogP contribution in [0.1, 0.15) is 19.5 Å². The third-order valence-corrected chi connectivity index (χ3v) is 3.71. The summed E-state index contributed by atoms with van der Waals surface area (Å²) in [5, 5.41) is 13.7. The Bertz CT molecular complexity index is 632. The third-order valence-electron chi connectivity index (χ3n) is 3.13. The number of nitrogens with zero attached hydrogens (tertiary/aromatic N) is 2. The number of hydrogen-bond acceptors (Lipinski definition) is 3. The predicted molar refractivity (Wildman–Crippen MR) is 78.5 cm³/mol. The topological polar surface area (TPSA) is 64.3 Å². The number of hydrogen-bond donors (Lipinski definition) is 1. The van der Waals surface area contributed by atoms with Crippen LogP contribution >= 0.6 is 15.9 Å².